The van der Waals surface area contributed by atoms with Crippen LogP contribution in [0.2, 0.25) is 10.0 Å². The minimum atomic E-state index is -4.62. The Balaban J connectivity index is 1.52. The predicted octanol–water partition coefficient (Wildman–Crippen LogP) is 8.74. The van der Waals surface area contributed by atoms with E-state index in [4.69, 9.17) is 23.2 Å². The minimum Gasteiger partial charge on any atom is -0.324 e. The fraction of sp³-hybridized carbons (Fsp3) is 0.0714. The van der Waals surface area contributed by atoms with Crippen molar-refractivity contribution in [2.75, 3.05) is 10.6 Å². The summed E-state index contributed by atoms with van der Waals surface area (Å²) in [4.78, 5) is 26.5. The van der Waals surface area contributed by atoms with Gasteiger partial charge in [-0.1, -0.05) is 65.7 Å². The number of benzene rings is 4. The molecule has 4 nitrogen and oxygen atoms in total. The second-order valence-electron chi connectivity index (χ2n) is 8.04. The van der Waals surface area contributed by atoms with Gasteiger partial charge in [-0.3, -0.25) is 9.59 Å². The molecule has 0 bridgehead atoms. The summed E-state index contributed by atoms with van der Waals surface area (Å²) in [6.45, 7) is 0. The fourth-order valence-electron chi connectivity index (χ4n) is 3.56. The van der Waals surface area contributed by atoms with Crippen molar-refractivity contribution in [2.24, 2.45) is 0 Å². The molecule has 0 radical (unpaired) electrons. The molecule has 38 heavy (non-hydrogen) atoms. The minimum absolute atomic E-state index is 0.214. The summed E-state index contributed by atoms with van der Waals surface area (Å²) in [7, 11) is 0. The number of hydrogen-bond donors (Lipinski definition) is 2. The summed E-state index contributed by atoms with van der Waals surface area (Å²) < 4.78 is 40.3. The van der Waals surface area contributed by atoms with Crippen LogP contribution in [0.1, 0.15) is 26.7 Å². The van der Waals surface area contributed by atoms with Crippen LogP contribution < -0.4 is 10.6 Å². The molecule has 0 aliphatic heterocycles. The molecule has 1 atom stereocenters. The van der Waals surface area contributed by atoms with Gasteiger partial charge in [-0.25, -0.2) is 0 Å². The van der Waals surface area contributed by atoms with E-state index < -0.39 is 28.8 Å². The molecule has 0 aliphatic carbocycles. The van der Waals surface area contributed by atoms with Crippen LogP contribution >= 0.6 is 35.0 Å². The third-order valence-corrected chi connectivity index (χ3v) is 7.19. The van der Waals surface area contributed by atoms with E-state index in [0.29, 0.717) is 21.2 Å². The molecule has 10 heteroatoms. The average Bonchev–Trinajstić information content (AvgIpc) is 2.88. The molecular formula is C28H19Cl2F3N2O2S. The highest BCUT2D eigenvalue weighted by Gasteiger charge is 2.34. The largest absolute Gasteiger partial charge is 0.418 e. The molecule has 2 amide bonds. The topological polar surface area (TPSA) is 58.2 Å². The standard InChI is InChI=1S/C28H19Cl2F3N2O2S/c29-18-10-15-21(23(30)16-18)26(36)34-19-11-13-20(14-12-19)38-25(17-6-2-1-3-7-17)27(37)35-24-9-5-4-8-22(24)28(31,32)33/h1-16,25H,(H,34,36)(H,35,37). The SMILES string of the molecule is O=C(Nc1ccc(SC(C(=O)Nc2ccccc2C(F)(F)F)c2ccccc2)cc1)c1ccc(Cl)cc1Cl. The molecule has 1 unspecified atom stereocenters. The van der Waals surface area contributed by atoms with E-state index in [1.807, 2.05) is 0 Å². The van der Waals surface area contributed by atoms with Gasteiger partial charge in [0.15, 0.2) is 0 Å². The first-order valence-corrected chi connectivity index (χ1v) is 12.8. The van der Waals surface area contributed by atoms with Crippen molar-refractivity contribution in [3.05, 3.63) is 124 Å². The second kappa shape index (κ2) is 11.9. The molecule has 194 valence electrons. The molecule has 0 heterocycles. The van der Waals surface area contributed by atoms with Crippen molar-refractivity contribution in [3.63, 3.8) is 0 Å². The van der Waals surface area contributed by atoms with Crippen LogP contribution in [0.3, 0.4) is 0 Å². The van der Waals surface area contributed by atoms with E-state index in [1.54, 1.807) is 60.7 Å². The number of carbonyl (C=O) groups is 2. The number of nitrogens with one attached hydrogen (secondary N) is 2. The highest BCUT2D eigenvalue weighted by Crippen LogP contribution is 2.39. The smallest absolute Gasteiger partial charge is 0.324 e. The van der Waals surface area contributed by atoms with Gasteiger partial charge in [-0.15, -0.1) is 11.8 Å². The van der Waals surface area contributed by atoms with Gasteiger partial charge in [0.05, 0.1) is 21.8 Å². The van der Waals surface area contributed by atoms with Crippen molar-refractivity contribution < 1.29 is 22.8 Å². The number of alkyl halides is 3. The van der Waals surface area contributed by atoms with Crippen LogP contribution in [-0.4, -0.2) is 11.8 Å². The van der Waals surface area contributed by atoms with Crippen LogP contribution in [0, 0.1) is 0 Å². The third-order valence-electron chi connectivity index (χ3n) is 5.37. The fourth-order valence-corrected chi connectivity index (χ4v) is 5.08. The number of carbonyl (C=O) groups excluding carboxylic acids is 2. The molecule has 0 aromatic heterocycles. The van der Waals surface area contributed by atoms with Gasteiger partial charge in [0.2, 0.25) is 5.91 Å². The highest BCUT2D eigenvalue weighted by atomic mass is 35.5. The van der Waals surface area contributed by atoms with Crippen LogP contribution in [0.25, 0.3) is 0 Å². The monoisotopic (exact) mass is 574 g/mol. The van der Waals surface area contributed by atoms with Crippen molar-refractivity contribution in [2.45, 2.75) is 16.3 Å². The van der Waals surface area contributed by atoms with Gasteiger partial charge < -0.3 is 10.6 Å². The molecule has 0 spiro atoms. The molecule has 0 saturated heterocycles. The van der Waals surface area contributed by atoms with Crippen molar-refractivity contribution in [3.8, 4) is 0 Å². The van der Waals surface area contributed by atoms with E-state index in [9.17, 15) is 22.8 Å². The molecule has 0 saturated carbocycles. The third kappa shape index (κ3) is 6.89. The lowest BCUT2D eigenvalue weighted by atomic mass is 10.1. The number of rotatable bonds is 7. The zero-order chi connectivity index (χ0) is 27.3. The maximum atomic E-state index is 13.4. The second-order valence-corrected chi connectivity index (χ2v) is 10.1. The molecule has 0 aliphatic rings. The number of halogens is 5. The lowest BCUT2D eigenvalue weighted by molar-refractivity contribution is -0.137. The zero-order valence-corrected chi connectivity index (χ0v) is 21.8. The van der Waals surface area contributed by atoms with Crippen molar-refractivity contribution in [1.29, 1.82) is 0 Å². The van der Waals surface area contributed by atoms with Gasteiger partial charge in [0.25, 0.3) is 5.91 Å². The normalized spacial score (nSPS) is 12.0. The summed E-state index contributed by atoms with van der Waals surface area (Å²) in [5.74, 6) is -1.02. The first-order chi connectivity index (χ1) is 18.1. The summed E-state index contributed by atoms with van der Waals surface area (Å²) >= 11 is 13.2. The molecule has 4 aromatic rings. The van der Waals surface area contributed by atoms with E-state index in [0.717, 1.165) is 6.07 Å². The highest BCUT2D eigenvalue weighted by molar-refractivity contribution is 8.00. The molecule has 0 fully saturated rings. The van der Waals surface area contributed by atoms with E-state index in [-0.39, 0.29) is 16.3 Å². The number of para-hydroxylation sites is 1. The molecule has 2 N–H and O–H groups in total. The predicted molar refractivity (Wildman–Crippen MR) is 146 cm³/mol. The average molecular weight is 575 g/mol. The molecule has 4 rings (SSSR count). The zero-order valence-electron chi connectivity index (χ0n) is 19.4. The Morgan fingerprint density at radius 2 is 1.45 bits per heavy atom. The van der Waals surface area contributed by atoms with Gasteiger partial charge in [0.1, 0.15) is 5.25 Å². The Morgan fingerprint density at radius 1 is 0.789 bits per heavy atom. The van der Waals surface area contributed by atoms with E-state index >= 15 is 0 Å². The first-order valence-electron chi connectivity index (χ1n) is 11.2. The number of hydrogen-bond acceptors (Lipinski definition) is 3. The Bertz CT molecular complexity index is 1450. The van der Waals surface area contributed by atoms with E-state index in [2.05, 4.69) is 10.6 Å². The van der Waals surface area contributed by atoms with Crippen LogP contribution in [-0.2, 0) is 11.0 Å². The van der Waals surface area contributed by atoms with Crippen LogP contribution in [0.15, 0.2) is 102 Å². The summed E-state index contributed by atoms with van der Waals surface area (Å²) in [6.07, 6.45) is -4.62. The number of anilines is 2. The Hall–Kier alpha value is -3.46. The van der Waals surface area contributed by atoms with Gasteiger partial charge in [-0.2, -0.15) is 13.2 Å². The maximum Gasteiger partial charge on any atom is 0.418 e. The van der Waals surface area contributed by atoms with Crippen LogP contribution in [0.4, 0.5) is 24.5 Å². The van der Waals surface area contributed by atoms with Gasteiger partial charge in [-0.05, 0) is 60.2 Å². The summed E-state index contributed by atoms with van der Waals surface area (Å²) in [6, 6.07) is 24.9. The molecule has 4 aromatic carbocycles. The Morgan fingerprint density at radius 3 is 2.11 bits per heavy atom. The van der Waals surface area contributed by atoms with E-state index in [1.165, 1.54) is 42.1 Å². The number of amides is 2. The quantitative estimate of drug-likeness (QED) is 0.217. The lowest BCUT2D eigenvalue weighted by Gasteiger charge is -2.19. The van der Waals surface area contributed by atoms with Gasteiger partial charge in [0, 0.05) is 15.6 Å². The Labute approximate surface area is 231 Å². The Kier molecular flexibility index (Phi) is 8.66. The summed E-state index contributed by atoms with van der Waals surface area (Å²) in [5.41, 5.74) is 0.130. The maximum absolute atomic E-state index is 13.4. The van der Waals surface area contributed by atoms with Crippen molar-refractivity contribution >= 4 is 58.2 Å². The van der Waals surface area contributed by atoms with Crippen molar-refractivity contribution in [1.82, 2.24) is 0 Å². The first kappa shape index (κ1) is 27.6. The van der Waals surface area contributed by atoms with Crippen LogP contribution in [0.5, 0.6) is 0 Å². The van der Waals surface area contributed by atoms with Gasteiger partial charge >= 0.3 is 6.18 Å². The summed E-state index contributed by atoms with van der Waals surface area (Å²) in [5, 5.41) is 4.97. The lowest BCUT2D eigenvalue weighted by Crippen LogP contribution is -2.21. The number of thioether (sulfide) groups is 1. The molecular weight excluding hydrogens is 556 g/mol.